The van der Waals surface area contributed by atoms with E-state index in [-0.39, 0.29) is 18.0 Å². The van der Waals surface area contributed by atoms with E-state index in [4.69, 9.17) is 0 Å². The predicted octanol–water partition coefficient (Wildman–Crippen LogP) is 2.58. The topological polar surface area (TPSA) is 82.2 Å². The van der Waals surface area contributed by atoms with E-state index in [1.54, 1.807) is 29.3 Å². The minimum absolute atomic E-state index is 0.103. The van der Waals surface area contributed by atoms with Gasteiger partial charge in [0.2, 0.25) is 0 Å². The Bertz CT molecular complexity index is 1060. The number of benzene rings is 1. The van der Waals surface area contributed by atoms with Gasteiger partial charge in [-0.1, -0.05) is 12.1 Å². The van der Waals surface area contributed by atoms with Crippen molar-refractivity contribution in [2.75, 3.05) is 24.5 Å². The Morgan fingerprint density at radius 1 is 1.18 bits per heavy atom. The quantitative estimate of drug-likeness (QED) is 0.739. The highest BCUT2D eigenvalue weighted by atomic mass is 16.2. The zero-order valence-electron chi connectivity index (χ0n) is 15.9. The summed E-state index contributed by atoms with van der Waals surface area (Å²) in [4.78, 5) is 41.2. The van der Waals surface area contributed by atoms with Gasteiger partial charge in [-0.3, -0.25) is 9.59 Å². The van der Waals surface area contributed by atoms with Crippen LogP contribution in [0.5, 0.6) is 0 Å². The molecule has 28 heavy (non-hydrogen) atoms. The van der Waals surface area contributed by atoms with Crippen LogP contribution in [0.1, 0.15) is 35.9 Å². The number of nitrogens with zero attached hydrogens (tertiary/aromatic N) is 4. The fraction of sp³-hybridized carbons (Fsp3) is 0.333. The molecule has 0 bridgehead atoms. The van der Waals surface area contributed by atoms with Gasteiger partial charge in [0.25, 0.3) is 11.5 Å². The molecule has 2 aromatic heterocycles. The summed E-state index contributed by atoms with van der Waals surface area (Å²) in [6.45, 7) is 4.50. The van der Waals surface area contributed by atoms with Gasteiger partial charge in [0.05, 0.1) is 23.0 Å². The number of hydrogen-bond donors (Lipinski definition) is 1. The largest absolute Gasteiger partial charge is 0.356 e. The van der Waals surface area contributed by atoms with Crippen LogP contribution >= 0.6 is 0 Å². The number of H-pyrrole nitrogens is 1. The Hall–Kier alpha value is -3.22. The Kier molecular flexibility index (Phi) is 5.06. The van der Waals surface area contributed by atoms with Crippen LogP contribution in [0.15, 0.2) is 47.4 Å². The van der Waals surface area contributed by atoms with Crippen LogP contribution in [0.4, 0.5) is 5.82 Å². The number of carbonyl (C=O) groups is 1. The zero-order chi connectivity index (χ0) is 19.5. The van der Waals surface area contributed by atoms with E-state index in [0.717, 1.165) is 31.7 Å². The van der Waals surface area contributed by atoms with Gasteiger partial charge in [-0.2, -0.15) is 0 Å². The predicted molar refractivity (Wildman–Crippen MR) is 108 cm³/mol. The van der Waals surface area contributed by atoms with E-state index in [0.29, 0.717) is 28.8 Å². The molecule has 7 heteroatoms. The first-order chi connectivity index (χ1) is 13.7. The summed E-state index contributed by atoms with van der Waals surface area (Å²) in [5.41, 5.74) is 1.03. The number of aromatic amines is 1. The molecule has 1 aliphatic rings. The van der Waals surface area contributed by atoms with Crippen molar-refractivity contribution < 1.29 is 4.79 Å². The van der Waals surface area contributed by atoms with Crippen molar-refractivity contribution in [2.24, 2.45) is 0 Å². The molecule has 1 aliphatic heterocycles. The van der Waals surface area contributed by atoms with E-state index in [9.17, 15) is 9.59 Å². The van der Waals surface area contributed by atoms with Crippen LogP contribution in [-0.2, 0) is 6.54 Å². The molecular weight excluding hydrogens is 354 g/mol. The molecule has 0 radical (unpaired) electrons. The van der Waals surface area contributed by atoms with Crippen LogP contribution in [0.2, 0.25) is 0 Å². The van der Waals surface area contributed by atoms with Gasteiger partial charge in [-0.15, -0.1) is 0 Å². The van der Waals surface area contributed by atoms with Crippen molar-refractivity contribution in [1.82, 2.24) is 19.9 Å². The van der Waals surface area contributed by atoms with Crippen molar-refractivity contribution >= 4 is 22.6 Å². The summed E-state index contributed by atoms with van der Waals surface area (Å²) in [5, 5.41) is 0.546. The number of hydrogen-bond acceptors (Lipinski definition) is 5. The normalized spacial score (nSPS) is 13.8. The fourth-order valence-electron chi connectivity index (χ4n) is 3.63. The van der Waals surface area contributed by atoms with Crippen LogP contribution in [0.25, 0.3) is 10.9 Å². The third kappa shape index (κ3) is 3.47. The van der Waals surface area contributed by atoms with Gasteiger partial charge < -0.3 is 14.8 Å². The lowest BCUT2D eigenvalue weighted by atomic mass is 10.2. The minimum Gasteiger partial charge on any atom is -0.356 e. The number of nitrogens with one attached hydrogen (secondary N) is 1. The number of aromatic nitrogens is 3. The maximum absolute atomic E-state index is 13.2. The molecule has 1 aromatic carbocycles. The molecule has 1 N–H and O–H groups in total. The summed E-state index contributed by atoms with van der Waals surface area (Å²) < 4.78 is 0. The molecule has 0 saturated carbocycles. The second-order valence-corrected chi connectivity index (χ2v) is 6.92. The Morgan fingerprint density at radius 2 is 1.96 bits per heavy atom. The molecular formula is C21H23N5O2. The van der Waals surface area contributed by atoms with E-state index < -0.39 is 0 Å². The van der Waals surface area contributed by atoms with Crippen molar-refractivity contribution in [1.29, 1.82) is 0 Å². The van der Waals surface area contributed by atoms with Gasteiger partial charge in [0.15, 0.2) is 0 Å². The van der Waals surface area contributed by atoms with E-state index in [1.807, 2.05) is 25.1 Å². The smallest absolute Gasteiger partial charge is 0.258 e. The van der Waals surface area contributed by atoms with Crippen molar-refractivity contribution in [2.45, 2.75) is 26.3 Å². The number of amides is 1. The van der Waals surface area contributed by atoms with Crippen LogP contribution in [-0.4, -0.2) is 45.4 Å². The molecule has 3 aromatic rings. The standard InChI is InChI=1S/C21H23N5O2/c1-2-25(14-18-23-17-10-4-3-8-15(17)20(27)24-18)21(28)16-9-7-11-22-19(16)26-12-5-6-13-26/h3-4,7-11H,2,5-6,12-14H2,1H3,(H,23,24,27). The highest BCUT2D eigenvalue weighted by Gasteiger charge is 2.24. The van der Waals surface area contributed by atoms with E-state index >= 15 is 0 Å². The van der Waals surface area contributed by atoms with Crippen LogP contribution in [0.3, 0.4) is 0 Å². The van der Waals surface area contributed by atoms with Gasteiger partial charge >= 0.3 is 0 Å². The minimum atomic E-state index is -0.191. The second-order valence-electron chi connectivity index (χ2n) is 6.92. The van der Waals surface area contributed by atoms with Gasteiger partial charge in [-0.25, -0.2) is 9.97 Å². The number of anilines is 1. The number of para-hydroxylation sites is 1. The molecule has 1 fully saturated rings. The van der Waals surface area contributed by atoms with Crippen LogP contribution < -0.4 is 10.5 Å². The molecule has 7 nitrogen and oxygen atoms in total. The highest BCUT2D eigenvalue weighted by Crippen LogP contribution is 2.23. The SMILES string of the molecule is CCN(Cc1nc2ccccc2c(=O)[nH]1)C(=O)c1cccnc1N1CCCC1. The molecule has 144 valence electrons. The van der Waals surface area contributed by atoms with Crippen molar-refractivity contribution in [3.63, 3.8) is 0 Å². The molecule has 1 amide bonds. The molecule has 0 aliphatic carbocycles. The third-order valence-corrected chi connectivity index (χ3v) is 5.09. The highest BCUT2D eigenvalue weighted by molar-refractivity contribution is 5.98. The lowest BCUT2D eigenvalue weighted by Gasteiger charge is -2.24. The lowest BCUT2D eigenvalue weighted by molar-refractivity contribution is 0.0748. The second kappa shape index (κ2) is 7.80. The van der Waals surface area contributed by atoms with Gasteiger partial charge in [0, 0.05) is 25.8 Å². The first-order valence-corrected chi connectivity index (χ1v) is 9.64. The fourth-order valence-corrected chi connectivity index (χ4v) is 3.63. The van der Waals surface area contributed by atoms with Crippen LogP contribution in [0, 0.1) is 0 Å². The summed E-state index contributed by atoms with van der Waals surface area (Å²) in [7, 11) is 0. The number of pyridine rings is 1. The molecule has 3 heterocycles. The molecule has 4 rings (SSSR count). The lowest BCUT2D eigenvalue weighted by Crippen LogP contribution is -2.33. The van der Waals surface area contributed by atoms with Crippen molar-refractivity contribution in [3.8, 4) is 0 Å². The third-order valence-electron chi connectivity index (χ3n) is 5.09. The Balaban J connectivity index is 1.63. The summed E-state index contributed by atoms with van der Waals surface area (Å²) in [6, 6.07) is 10.8. The first kappa shape index (κ1) is 18.2. The number of carbonyl (C=O) groups excluding carboxylic acids is 1. The molecule has 1 saturated heterocycles. The van der Waals surface area contributed by atoms with Gasteiger partial charge in [-0.05, 0) is 44.0 Å². The summed E-state index contributed by atoms with van der Waals surface area (Å²) in [5.74, 6) is 1.11. The average molecular weight is 377 g/mol. The van der Waals surface area contributed by atoms with E-state index in [1.165, 1.54) is 0 Å². The average Bonchev–Trinajstić information content (AvgIpc) is 3.26. The van der Waals surface area contributed by atoms with Crippen molar-refractivity contribution in [3.05, 3.63) is 64.3 Å². The molecule has 0 unspecified atom stereocenters. The number of rotatable bonds is 5. The Labute approximate surface area is 163 Å². The molecule has 0 spiro atoms. The molecule has 0 atom stereocenters. The monoisotopic (exact) mass is 377 g/mol. The zero-order valence-corrected chi connectivity index (χ0v) is 15.9. The summed E-state index contributed by atoms with van der Waals surface area (Å²) in [6.07, 6.45) is 3.96. The maximum atomic E-state index is 13.2. The summed E-state index contributed by atoms with van der Waals surface area (Å²) >= 11 is 0. The number of fused-ring (bicyclic) bond motifs is 1. The van der Waals surface area contributed by atoms with E-state index in [2.05, 4.69) is 19.9 Å². The maximum Gasteiger partial charge on any atom is 0.258 e. The van der Waals surface area contributed by atoms with Gasteiger partial charge in [0.1, 0.15) is 11.6 Å². The Morgan fingerprint density at radius 3 is 2.75 bits per heavy atom. The first-order valence-electron chi connectivity index (χ1n) is 9.64.